The van der Waals surface area contributed by atoms with Gasteiger partial charge in [0.25, 0.3) is 0 Å². The summed E-state index contributed by atoms with van der Waals surface area (Å²) in [4.78, 5) is 6.49. The number of anilines is 2. The van der Waals surface area contributed by atoms with E-state index in [1.807, 2.05) is 19.2 Å². The van der Waals surface area contributed by atoms with E-state index in [9.17, 15) is 0 Å². The van der Waals surface area contributed by atoms with Crippen LogP contribution in [-0.4, -0.2) is 18.1 Å². The molecule has 0 aromatic carbocycles. The highest BCUT2D eigenvalue weighted by atomic mass is 15.2. The minimum absolute atomic E-state index is 0.580. The molecule has 0 radical (unpaired) electrons. The fraction of sp³-hybridized carbons (Fsp3) is 0.462. The monoisotopic (exact) mass is 215 g/mol. The number of rotatable bonds is 4. The Bertz CT molecular complexity index is 416. The van der Waals surface area contributed by atoms with Gasteiger partial charge in [-0.05, 0) is 37.3 Å². The average molecular weight is 215 g/mol. The first kappa shape index (κ1) is 10.8. The minimum Gasteiger partial charge on any atom is -0.396 e. The minimum atomic E-state index is 0.580. The van der Waals surface area contributed by atoms with Gasteiger partial charge in [-0.1, -0.05) is 5.92 Å². The summed E-state index contributed by atoms with van der Waals surface area (Å²) in [5.74, 6) is 4.27. The van der Waals surface area contributed by atoms with E-state index in [-0.39, 0.29) is 0 Å². The highest BCUT2D eigenvalue weighted by Crippen LogP contribution is 2.32. The number of nitrogens with two attached hydrogens (primary N) is 1. The number of aryl methyl sites for hydroxylation is 1. The predicted molar refractivity (Wildman–Crippen MR) is 67.2 cm³/mol. The van der Waals surface area contributed by atoms with Crippen molar-refractivity contribution in [3.8, 4) is 12.3 Å². The van der Waals surface area contributed by atoms with E-state index in [1.54, 1.807) is 0 Å². The van der Waals surface area contributed by atoms with E-state index in [0.29, 0.717) is 6.54 Å². The maximum absolute atomic E-state index is 5.98. The molecule has 3 nitrogen and oxygen atoms in total. The summed E-state index contributed by atoms with van der Waals surface area (Å²) in [5, 5.41) is 0. The van der Waals surface area contributed by atoms with Gasteiger partial charge in [-0.3, -0.25) is 0 Å². The Labute approximate surface area is 96.7 Å². The van der Waals surface area contributed by atoms with Crippen molar-refractivity contribution in [3.63, 3.8) is 0 Å². The van der Waals surface area contributed by atoms with E-state index in [1.165, 1.54) is 12.8 Å². The van der Waals surface area contributed by atoms with Gasteiger partial charge >= 0.3 is 0 Å². The molecule has 0 saturated heterocycles. The molecule has 1 aromatic rings. The van der Waals surface area contributed by atoms with Gasteiger partial charge in [-0.2, -0.15) is 0 Å². The molecule has 0 amide bonds. The molecule has 0 unspecified atom stereocenters. The summed E-state index contributed by atoms with van der Waals surface area (Å²) >= 11 is 0. The van der Waals surface area contributed by atoms with Crippen LogP contribution in [0.5, 0.6) is 0 Å². The molecule has 1 heterocycles. The van der Waals surface area contributed by atoms with Crippen LogP contribution in [0.1, 0.15) is 18.4 Å². The van der Waals surface area contributed by atoms with Crippen molar-refractivity contribution < 1.29 is 0 Å². The fourth-order valence-electron chi connectivity index (χ4n) is 1.80. The SMILES string of the molecule is C#CCN(CC1CC1)c1ncc(C)cc1N. The van der Waals surface area contributed by atoms with Crippen LogP contribution < -0.4 is 10.6 Å². The van der Waals surface area contributed by atoms with Crippen LogP contribution >= 0.6 is 0 Å². The standard InChI is InChI=1S/C13H17N3/c1-3-6-16(9-11-4-5-11)13-12(14)7-10(2)8-15-13/h1,7-8,11H,4-6,9,14H2,2H3. The number of nitrogens with zero attached hydrogens (tertiary/aromatic N) is 2. The van der Waals surface area contributed by atoms with Gasteiger partial charge in [0.1, 0.15) is 0 Å². The number of terminal acetylenes is 1. The Morgan fingerprint density at radius 2 is 2.38 bits per heavy atom. The molecule has 0 bridgehead atoms. The summed E-state index contributed by atoms with van der Waals surface area (Å²) in [6.07, 6.45) is 9.81. The van der Waals surface area contributed by atoms with Gasteiger partial charge in [0.05, 0.1) is 12.2 Å². The normalized spacial score (nSPS) is 14.5. The lowest BCUT2D eigenvalue weighted by atomic mass is 10.2. The first-order valence-electron chi connectivity index (χ1n) is 5.61. The van der Waals surface area contributed by atoms with Crippen molar-refractivity contribution in [3.05, 3.63) is 17.8 Å². The Morgan fingerprint density at radius 3 is 2.94 bits per heavy atom. The van der Waals surface area contributed by atoms with Crippen LogP contribution in [0.3, 0.4) is 0 Å². The third-order valence-corrected chi connectivity index (χ3v) is 2.79. The fourth-order valence-corrected chi connectivity index (χ4v) is 1.80. The smallest absolute Gasteiger partial charge is 0.152 e. The van der Waals surface area contributed by atoms with Crippen LogP contribution in [0.15, 0.2) is 12.3 Å². The maximum Gasteiger partial charge on any atom is 0.152 e. The molecule has 1 fully saturated rings. The Balaban J connectivity index is 2.19. The lowest BCUT2D eigenvalue weighted by Gasteiger charge is -2.22. The lowest BCUT2D eigenvalue weighted by molar-refractivity contribution is 0.756. The summed E-state index contributed by atoms with van der Waals surface area (Å²) in [7, 11) is 0. The molecule has 1 aromatic heterocycles. The molecule has 0 aliphatic heterocycles. The summed E-state index contributed by atoms with van der Waals surface area (Å²) in [6.45, 7) is 3.54. The number of hydrogen-bond acceptors (Lipinski definition) is 3. The van der Waals surface area contributed by atoms with Crippen molar-refractivity contribution in [2.24, 2.45) is 5.92 Å². The summed E-state index contributed by atoms with van der Waals surface area (Å²) in [5.41, 5.74) is 7.77. The van der Waals surface area contributed by atoms with Crippen molar-refractivity contribution in [1.82, 2.24) is 4.98 Å². The second kappa shape index (κ2) is 4.44. The molecule has 0 spiro atoms. The van der Waals surface area contributed by atoms with E-state index in [4.69, 9.17) is 12.2 Å². The van der Waals surface area contributed by atoms with Crippen LogP contribution in [0.2, 0.25) is 0 Å². The van der Waals surface area contributed by atoms with Crippen LogP contribution in [0, 0.1) is 25.2 Å². The Hall–Kier alpha value is -1.69. The second-order valence-corrected chi connectivity index (χ2v) is 4.45. The molecule has 16 heavy (non-hydrogen) atoms. The molecular weight excluding hydrogens is 198 g/mol. The van der Waals surface area contributed by atoms with Crippen molar-refractivity contribution >= 4 is 11.5 Å². The zero-order chi connectivity index (χ0) is 11.5. The van der Waals surface area contributed by atoms with E-state index >= 15 is 0 Å². The van der Waals surface area contributed by atoms with E-state index in [2.05, 4.69) is 15.8 Å². The Morgan fingerprint density at radius 1 is 1.62 bits per heavy atom. The lowest BCUT2D eigenvalue weighted by Crippen LogP contribution is -2.27. The molecule has 1 aliphatic carbocycles. The molecule has 3 heteroatoms. The molecule has 1 saturated carbocycles. The number of hydrogen-bond donors (Lipinski definition) is 1. The van der Waals surface area contributed by atoms with Crippen molar-refractivity contribution in [2.75, 3.05) is 23.7 Å². The largest absolute Gasteiger partial charge is 0.396 e. The van der Waals surface area contributed by atoms with Crippen LogP contribution in [0.25, 0.3) is 0 Å². The van der Waals surface area contributed by atoms with Gasteiger partial charge in [0.2, 0.25) is 0 Å². The molecule has 84 valence electrons. The van der Waals surface area contributed by atoms with Crippen LogP contribution in [0.4, 0.5) is 11.5 Å². The zero-order valence-electron chi connectivity index (χ0n) is 9.61. The first-order valence-corrected chi connectivity index (χ1v) is 5.61. The number of nitrogen functional groups attached to an aromatic ring is 1. The van der Waals surface area contributed by atoms with E-state index < -0.39 is 0 Å². The molecule has 0 atom stereocenters. The van der Waals surface area contributed by atoms with Gasteiger partial charge in [0, 0.05) is 12.7 Å². The molecule has 2 N–H and O–H groups in total. The van der Waals surface area contributed by atoms with Crippen molar-refractivity contribution in [2.45, 2.75) is 19.8 Å². The van der Waals surface area contributed by atoms with Gasteiger partial charge in [-0.25, -0.2) is 4.98 Å². The molecular formula is C13H17N3. The Kier molecular flexibility index (Phi) is 3.00. The van der Waals surface area contributed by atoms with Crippen LogP contribution in [-0.2, 0) is 0 Å². The summed E-state index contributed by atoms with van der Waals surface area (Å²) in [6, 6.07) is 1.94. The predicted octanol–water partition coefficient (Wildman–Crippen LogP) is 1.82. The first-order chi connectivity index (χ1) is 7.70. The maximum atomic E-state index is 5.98. The van der Waals surface area contributed by atoms with Crippen molar-refractivity contribution in [1.29, 1.82) is 0 Å². The van der Waals surface area contributed by atoms with Gasteiger partial charge in [0.15, 0.2) is 5.82 Å². The topological polar surface area (TPSA) is 42.2 Å². The van der Waals surface area contributed by atoms with Gasteiger partial charge < -0.3 is 10.6 Å². The second-order valence-electron chi connectivity index (χ2n) is 4.45. The summed E-state index contributed by atoms with van der Waals surface area (Å²) < 4.78 is 0. The third-order valence-electron chi connectivity index (χ3n) is 2.79. The van der Waals surface area contributed by atoms with Gasteiger partial charge in [-0.15, -0.1) is 6.42 Å². The van der Waals surface area contributed by atoms with E-state index in [0.717, 1.165) is 29.5 Å². The zero-order valence-corrected chi connectivity index (χ0v) is 9.61. The quantitative estimate of drug-likeness (QED) is 0.779. The highest BCUT2D eigenvalue weighted by molar-refractivity contribution is 5.63. The molecule has 2 rings (SSSR count). The average Bonchev–Trinajstić information content (AvgIpc) is 3.01. The third kappa shape index (κ3) is 2.46. The highest BCUT2D eigenvalue weighted by Gasteiger charge is 2.25. The number of pyridine rings is 1. The number of aromatic nitrogens is 1. The molecule has 1 aliphatic rings.